The SMILES string of the molecule is C1=C(CCNc2nncc(NCCCc3ccccc3)n2)CCCC1. The third-order valence-corrected chi connectivity index (χ3v) is 4.46. The molecule has 5 nitrogen and oxygen atoms in total. The van der Waals surface area contributed by atoms with Gasteiger partial charge in [-0.05, 0) is 50.5 Å². The van der Waals surface area contributed by atoms with Gasteiger partial charge in [0.2, 0.25) is 5.95 Å². The van der Waals surface area contributed by atoms with Crippen LogP contribution in [0.3, 0.4) is 0 Å². The van der Waals surface area contributed by atoms with Gasteiger partial charge >= 0.3 is 0 Å². The predicted octanol–water partition coefficient (Wildman–Crippen LogP) is 4.22. The zero-order valence-electron chi connectivity index (χ0n) is 14.7. The van der Waals surface area contributed by atoms with E-state index in [-0.39, 0.29) is 0 Å². The van der Waals surface area contributed by atoms with Gasteiger partial charge in [-0.15, -0.1) is 5.10 Å². The van der Waals surface area contributed by atoms with Gasteiger partial charge in [0, 0.05) is 13.1 Å². The summed E-state index contributed by atoms with van der Waals surface area (Å²) in [7, 11) is 0. The summed E-state index contributed by atoms with van der Waals surface area (Å²) < 4.78 is 0. The van der Waals surface area contributed by atoms with Gasteiger partial charge in [-0.3, -0.25) is 0 Å². The second kappa shape index (κ2) is 9.77. The molecule has 2 aromatic rings. The Morgan fingerprint density at radius 2 is 1.88 bits per heavy atom. The molecule has 0 amide bonds. The minimum atomic E-state index is 0.601. The topological polar surface area (TPSA) is 62.7 Å². The van der Waals surface area contributed by atoms with Crippen molar-refractivity contribution in [1.29, 1.82) is 0 Å². The normalized spacial score (nSPS) is 14.0. The first kappa shape index (κ1) is 17.4. The highest BCUT2D eigenvalue weighted by molar-refractivity contribution is 5.37. The average Bonchev–Trinajstić information content (AvgIpc) is 2.67. The van der Waals surface area contributed by atoms with E-state index >= 15 is 0 Å². The fourth-order valence-electron chi connectivity index (χ4n) is 3.08. The number of aryl methyl sites for hydroxylation is 1. The van der Waals surface area contributed by atoms with Gasteiger partial charge in [-0.1, -0.05) is 42.0 Å². The number of hydrogen-bond donors (Lipinski definition) is 2. The van der Waals surface area contributed by atoms with Crippen LogP contribution >= 0.6 is 0 Å². The molecule has 1 aromatic carbocycles. The number of nitrogens with zero attached hydrogens (tertiary/aromatic N) is 3. The molecule has 0 bridgehead atoms. The molecule has 5 heteroatoms. The van der Waals surface area contributed by atoms with Crippen LogP contribution in [0.25, 0.3) is 0 Å². The molecule has 0 saturated carbocycles. The zero-order valence-corrected chi connectivity index (χ0v) is 14.7. The highest BCUT2D eigenvalue weighted by Gasteiger charge is 2.04. The van der Waals surface area contributed by atoms with Crippen molar-refractivity contribution in [3.8, 4) is 0 Å². The van der Waals surface area contributed by atoms with Crippen molar-refractivity contribution in [3.63, 3.8) is 0 Å². The predicted molar refractivity (Wildman–Crippen MR) is 103 cm³/mol. The van der Waals surface area contributed by atoms with Crippen LogP contribution in [-0.4, -0.2) is 28.3 Å². The molecule has 0 unspecified atom stereocenters. The molecule has 1 heterocycles. The van der Waals surface area contributed by atoms with Gasteiger partial charge in [-0.2, -0.15) is 10.1 Å². The van der Waals surface area contributed by atoms with E-state index in [1.54, 1.807) is 11.8 Å². The monoisotopic (exact) mass is 337 g/mol. The lowest BCUT2D eigenvalue weighted by Crippen LogP contribution is -2.11. The fraction of sp³-hybridized carbons (Fsp3) is 0.450. The second-order valence-corrected chi connectivity index (χ2v) is 6.47. The number of nitrogens with one attached hydrogen (secondary N) is 2. The Labute approximate surface area is 150 Å². The summed E-state index contributed by atoms with van der Waals surface area (Å²) in [4.78, 5) is 4.48. The summed E-state index contributed by atoms with van der Waals surface area (Å²) in [6.45, 7) is 1.74. The van der Waals surface area contributed by atoms with Crippen LogP contribution in [0.1, 0.15) is 44.1 Å². The van der Waals surface area contributed by atoms with Crippen molar-refractivity contribution in [2.45, 2.75) is 44.9 Å². The molecule has 132 valence electrons. The summed E-state index contributed by atoms with van der Waals surface area (Å²) in [5.41, 5.74) is 2.92. The summed E-state index contributed by atoms with van der Waals surface area (Å²) in [6.07, 6.45) is 12.4. The van der Waals surface area contributed by atoms with Gasteiger partial charge in [0.05, 0.1) is 6.20 Å². The molecule has 0 atom stereocenters. The van der Waals surface area contributed by atoms with Crippen LogP contribution in [0.5, 0.6) is 0 Å². The highest BCUT2D eigenvalue weighted by Crippen LogP contribution is 2.19. The van der Waals surface area contributed by atoms with Gasteiger partial charge in [0.1, 0.15) is 5.82 Å². The molecule has 0 radical (unpaired) electrons. The molecule has 1 aliphatic rings. The lowest BCUT2D eigenvalue weighted by molar-refractivity contribution is 0.678. The maximum atomic E-state index is 4.48. The van der Waals surface area contributed by atoms with Crippen LogP contribution in [0, 0.1) is 0 Å². The summed E-state index contributed by atoms with van der Waals surface area (Å²) in [5.74, 6) is 1.38. The number of rotatable bonds is 9. The summed E-state index contributed by atoms with van der Waals surface area (Å²) in [6, 6.07) is 10.5. The Balaban J connectivity index is 1.38. The maximum absolute atomic E-state index is 4.48. The minimum Gasteiger partial charge on any atom is -0.369 e. The Morgan fingerprint density at radius 3 is 2.72 bits per heavy atom. The van der Waals surface area contributed by atoms with E-state index in [9.17, 15) is 0 Å². The Morgan fingerprint density at radius 1 is 0.960 bits per heavy atom. The highest BCUT2D eigenvalue weighted by atomic mass is 15.3. The Kier molecular flexibility index (Phi) is 6.80. The Hall–Kier alpha value is -2.43. The molecular weight excluding hydrogens is 310 g/mol. The molecular formula is C20H27N5. The third kappa shape index (κ3) is 6.18. The fourth-order valence-corrected chi connectivity index (χ4v) is 3.08. The van der Waals surface area contributed by atoms with Crippen molar-refractivity contribution in [2.75, 3.05) is 23.7 Å². The lowest BCUT2D eigenvalue weighted by atomic mass is 9.97. The molecule has 1 aliphatic carbocycles. The van der Waals surface area contributed by atoms with Crippen LogP contribution in [-0.2, 0) is 6.42 Å². The minimum absolute atomic E-state index is 0.601. The van der Waals surface area contributed by atoms with Crippen LogP contribution in [0.15, 0.2) is 48.2 Å². The summed E-state index contributed by atoms with van der Waals surface area (Å²) in [5, 5.41) is 14.7. The standard InChI is InChI=1S/C20H27N5/c1-3-8-17(9-4-1)12-7-14-21-19-16-23-25-20(24-19)22-15-13-18-10-5-2-6-11-18/h1,3-4,8-10,16H,2,5-7,11-15H2,(H2,21,22,24,25). The van der Waals surface area contributed by atoms with E-state index < -0.39 is 0 Å². The van der Waals surface area contributed by atoms with Crippen LogP contribution < -0.4 is 10.6 Å². The van der Waals surface area contributed by atoms with Crippen LogP contribution in [0.4, 0.5) is 11.8 Å². The van der Waals surface area contributed by atoms with Gasteiger partial charge in [0.25, 0.3) is 0 Å². The molecule has 0 saturated heterocycles. The quantitative estimate of drug-likeness (QED) is 0.530. The number of aromatic nitrogens is 3. The maximum Gasteiger partial charge on any atom is 0.244 e. The molecule has 1 aromatic heterocycles. The number of benzene rings is 1. The first-order chi connectivity index (χ1) is 12.4. The van der Waals surface area contributed by atoms with E-state index in [1.807, 2.05) is 6.07 Å². The Bertz CT molecular complexity index is 669. The number of allylic oxidation sites excluding steroid dienone is 1. The van der Waals surface area contributed by atoms with Crippen molar-refractivity contribution >= 4 is 11.8 Å². The van der Waals surface area contributed by atoms with E-state index in [1.165, 1.54) is 31.2 Å². The van der Waals surface area contributed by atoms with Gasteiger partial charge < -0.3 is 10.6 Å². The molecule has 25 heavy (non-hydrogen) atoms. The molecule has 0 aliphatic heterocycles. The van der Waals surface area contributed by atoms with Crippen molar-refractivity contribution in [2.24, 2.45) is 0 Å². The van der Waals surface area contributed by atoms with E-state index in [2.05, 4.69) is 56.2 Å². The summed E-state index contributed by atoms with van der Waals surface area (Å²) >= 11 is 0. The third-order valence-electron chi connectivity index (χ3n) is 4.46. The lowest BCUT2D eigenvalue weighted by Gasteiger charge is -2.13. The van der Waals surface area contributed by atoms with E-state index in [0.29, 0.717) is 5.95 Å². The van der Waals surface area contributed by atoms with Crippen molar-refractivity contribution in [3.05, 3.63) is 53.7 Å². The van der Waals surface area contributed by atoms with E-state index in [0.717, 1.165) is 38.2 Å². The largest absolute Gasteiger partial charge is 0.369 e. The molecule has 3 rings (SSSR count). The van der Waals surface area contributed by atoms with Crippen molar-refractivity contribution in [1.82, 2.24) is 15.2 Å². The average molecular weight is 337 g/mol. The van der Waals surface area contributed by atoms with Crippen LogP contribution in [0.2, 0.25) is 0 Å². The molecule has 2 N–H and O–H groups in total. The van der Waals surface area contributed by atoms with Gasteiger partial charge in [0.15, 0.2) is 0 Å². The van der Waals surface area contributed by atoms with Crippen molar-refractivity contribution < 1.29 is 0 Å². The first-order valence-electron chi connectivity index (χ1n) is 9.29. The molecule has 0 fully saturated rings. The van der Waals surface area contributed by atoms with Gasteiger partial charge in [-0.25, -0.2) is 0 Å². The number of anilines is 2. The van der Waals surface area contributed by atoms with E-state index in [4.69, 9.17) is 0 Å². The number of hydrogen-bond acceptors (Lipinski definition) is 5. The first-order valence-corrected chi connectivity index (χ1v) is 9.29. The second-order valence-electron chi connectivity index (χ2n) is 6.47. The smallest absolute Gasteiger partial charge is 0.244 e. The zero-order chi connectivity index (χ0) is 17.2. The molecule has 0 spiro atoms.